The molecule has 1 heterocycles. The molecular weight excluding hydrogens is 278 g/mol. The van der Waals surface area contributed by atoms with Gasteiger partial charge in [0.2, 0.25) is 0 Å². The van der Waals surface area contributed by atoms with Crippen LogP contribution in [0.15, 0.2) is 24.3 Å². The smallest absolute Gasteiger partial charge is 0.305 e. The maximum atomic E-state index is 9.70. The monoisotopic (exact) mass is 307 g/mol. The number of hydrogen-bond donors (Lipinski definition) is 2. The number of aliphatic carboxylic acids is 1. The highest BCUT2D eigenvalue weighted by Crippen LogP contribution is 2.39. The van der Waals surface area contributed by atoms with Crippen LogP contribution in [-0.4, -0.2) is 41.2 Å². The van der Waals surface area contributed by atoms with Crippen molar-refractivity contribution < 1.29 is 15.0 Å². The summed E-state index contributed by atoms with van der Waals surface area (Å²) in [6, 6.07) is 7.81. The second kappa shape index (κ2) is 8.18. The Kier molecular flexibility index (Phi) is 6.88. The van der Waals surface area contributed by atoms with Gasteiger partial charge in [-0.2, -0.15) is 0 Å². The molecule has 1 aliphatic rings. The molecule has 2 rings (SSSR count). The molecule has 0 aliphatic carbocycles. The van der Waals surface area contributed by atoms with Crippen LogP contribution in [0.25, 0.3) is 0 Å². The topological polar surface area (TPSA) is 60.8 Å². The van der Waals surface area contributed by atoms with E-state index < -0.39 is 5.97 Å². The summed E-state index contributed by atoms with van der Waals surface area (Å²) in [5.41, 5.74) is 1.57. The first-order valence-electron chi connectivity index (χ1n) is 8.01. The van der Waals surface area contributed by atoms with Crippen LogP contribution in [0.3, 0.4) is 0 Å². The fraction of sp³-hybridized carbons (Fsp3) is 0.611. The van der Waals surface area contributed by atoms with E-state index in [1.54, 1.807) is 19.9 Å². The molecule has 22 heavy (non-hydrogen) atoms. The summed E-state index contributed by atoms with van der Waals surface area (Å²) < 4.78 is 0. The Bertz CT molecular complexity index is 483. The summed E-state index contributed by atoms with van der Waals surface area (Å²) in [4.78, 5) is 12.1. The van der Waals surface area contributed by atoms with E-state index in [2.05, 4.69) is 24.9 Å². The lowest BCUT2D eigenvalue weighted by atomic mass is 9.76. The van der Waals surface area contributed by atoms with Crippen molar-refractivity contribution in [3.05, 3.63) is 29.8 Å². The molecule has 1 aromatic carbocycles. The molecule has 1 atom stereocenters. The zero-order chi connectivity index (χ0) is 16.8. The van der Waals surface area contributed by atoms with Gasteiger partial charge in [-0.1, -0.05) is 39.3 Å². The van der Waals surface area contributed by atoms with E-state index in [1.165, 1.54) is 24.8 Å². The average Bonchev–Trinajstić information content (AvgIpc) is 2.82. The third-order valence-corrected chi connectivity index (χ3v) is 4.23. The standard InChI is InChI=1S/C14H21NO.C4H8O2/c1-3-7-14(8-9-15(2)11-14)12-5-4-6-13(16)10-12;1-3(2)4(5)6/h4-6,10,16H,3,7-9,11H2,1-2H3;3H,1-2H3,(H,5,6). The van der Waals surface area contributed by atoms with Crippen molar-refractivity contribution in [3.8, 4) is 5.75 Å². The van der Waals surface area contributed by atoms with Crippen molar-refractivity contribution in [1.82, 2.24) is 4.90 Å². The maximum absolute atomic E-state index is 9.70. The Morgan fingerprint density at radius 3 is 2.45 bits per heavy atom. The fourth-order valence-corrected chi connectivity index (χ4v) is 2.98. The molecule has 0 aromatic heterocycles. The van der Waals surface area contributed by atoms with E-state index in [1.807, 2.05) is 12.1 Å². The van der Waals surface area contributed by atoms with Crippen LogP contribution >= 0.6 is 0 Å². The van der Waals surface area contributed by atoms with Gasteiger partial charge in [0.25, 0.3) is 0 Å². The van der Waals surface area contributed by atoms with Crippen LogP contribution in [0.1, 0.15) is 45.6 Å². The van der Waals surface area contributed by atoms with Gasteiger partial charge < -0.3 is 15.1 Å². The summed E-state index contributed by atoms with van der Waals surface area (Å²) in [7, 11) is 2.18. The molecule has 1 aromatic rings. The number of nitrogens with zero attached hydrogens (tertiary/aromatic N) is 1. The zero-order valence-corrected chi connectivity index (χ0v) is 14.2. The average molecular weight is 307 g/mol. The van der Waals surface area contributed by atoms with Crippen LogP contribution in [0.2, 0.25) is 0 Å². The van der Waals surface area contributed by atoms with Crippen molar-refractivity contribution in [1.29, 1.82) is 0 Å². The number of benzene rings is 1. The fourth-order valence-electron chi connectivity index (χ4n) is 2.98. The lowest BCUT2D eigenvalue weighted by Crippen LogP contribution is -2.29. The number of phenolic OH excluding ortho intramolecular Hbond substituents is 1. The number of carbonyl (C=O) groups is 1. The molecule has 1 fully saturated rings. The van der Waals surface area contributed by atoms with Gasteiger partial charge >= 0.3 is 5.97 Å². The number of likely N-dealkylation sites (N-methyl/N-ethyl adjacent to an activating group) is 1. The Balaban J connectivity index is 0.000000346. The third-order valence-electron chi connectivity index (χ3n) is 4.23. The summed E-state index contributed by atoms with van der Waals surface area (Å²) >= 11 is 0. The Morgan fingerprint density at radius 1 is 1.41 bits per heavy atom. The number of likely N-dealkylation sites (tertiary alicyclic amines) is 1. The first-order valence-corrected chi connectivity index (χ1v) is 8.01. The lowest BCUT2D eigenvalue weighted by Gasteiger charge is -2.29. The number of carboxylic acid groups (broad SMARTS) is 1. The molecule has 0 bridgehead atoms. The van der Waals surface area contributed by atoms with Gasteiger partial charge in [0.15, 0.2) is 0 Å². The molecule has 124 valence electrons. The predicted molar refractivity (Wildman–Crippen MR) is 89.3 cm³/mol. The van der Waals surface area contributed by atoms with Crippen LogP contribution < -0.4 is 0 Å². The molecule has 0 radical (unpaired) electrons. The van der Waals surface area contributed by atoms with Crippen molar-refractivity contribution >= 4 is 5.97 Å². The second-order valence-electron chi connectivity index (χ2n) is 6.56. The number of hydrogen-bond acceptors (Lipinski definition) is 3. The molecule has 1 aliphatic heterocycles. The van der Waals surface area contributed by atoms with Gasteiger partial charge in [-0.15, -0.1) is 0 Å². The largest absolute Gasteiger partial charge is 0.508 e. The molecule has 0 amide bonds. The van der Waals surface area contributed by atoms with Crippen LogP contribution in [-0.2, 0) is 10.2 Å². The van der Waals surface area contributed by atoms with Gasteiger partial charge in [-0.05, 0) is 44.1 Å². The molecule has 0 spiro atoms. The Labute approximate surface area is 133 Å². The minimum Gasteiger partial charge on any atom is -0.508 e. The molecule has 1 saturated heterocycles. The molecule has 0 saturated carbocycles. The van der Waals surface area contributed by atoms with Gasteiger partial charge in [0.1, 0.15) is 5.75 Å². The highest BCUT2D eigenvalue weighted by Gasteiger charge is 2.37. The third kappa shape index (κ3) is 5.02. The molecule has 4 heteroatoms. The van der Waals surface area contributed by atoms with Gasteiger partial charge in [-0.3, -0.25) is 4.79 Å². The van der Waals surface area contributed by atoms with E-state index in [0.717, 1.165) is 13.1 Å². The molecular formula is C18H29NO3. The van der Waals surface area contributed by atoms with Crippen molar-refractivity contribution in [2.75, 3.05) is 20.1 Å². The second-order valence-corrected chi connectivity index (χ2v) is 6.56. The zero-order valence-electron chi connectivity index (χ0n) is 14.2. The van der Waals surface area contributed by atoms with Crippen molar-refractivity contribution in [2.45, 2.75) is 45.4 Å². The highest BCUT2D eigenvalue weighted by atomic mass is 16.4. The first kappa shape index (κ1) is 18.5. The van der Waals surface area contributed by atoms with Crippen LogP contribution in [0, 0.1) is 5.92 Å². The quantitative estimate of drug-likeness (QED) is 0.894. The highest BCUT2D eigenvalue weighted by molar-refractivity contribution is 5.68. The summed E-state index contributed by atoms with van der Waals surface area (Å²) in [6.45, 7) is 7.80. The van der Waals surface area contributed by atoms with Gasteiger partial charge in [0.05, 0.1) is 5.92 Å². The SMILES string of the molecule is CC(C)C(=O)O.CCCC1(c2cccc(O)c2)CCN(C)C1. The van der Waals surface area contributed by atoms with E-state index in [0.29, 0.717) is 5.75 Å². The number of rotatable bonds is 4. The lowest BCUT2D eigenvalue weighted by molar-refractivity contribution is -0.140. The minimum atomic E-state index is -0.741. The summed E-state index contributed by atoms with van der Waals surface area (Å²) in [6.07, 6.45) is 3.62. The maximum Gasteiger partial charge on any atom is 0.305 e. The van der Waals surface area contributed by atoms with E-state index >= 15 is 0 Å². The number of phenols is 1. The predicted octanol–water partition coefficient (Wildman–Crippen LogP) is 3.49. The van der Waals surface area contributed by atoms with Crippen molar-refractivity contribution in [2.24, 2.45) is 5.92 Å². The normalized spacial score (nSPS) is 21.5. The summed E-state index contributed by atoms with van der Waals surface area (Å²) in [5.74, 6) is -0.581. The number of carboxylic acids is 1. The Morgan fingerprint density at radius 2 is 2.05 bits per heavy atom. The van der Waals surface area contributed by atoms with Gasteiger partial charge in [-0.25, -0.2) is 0 Å². The van der Waals surface area contributed by atoms with Crippen molar-refractivity contribution in [3.63, 3.8) is 0 Å². The number of aromatic hydroxyl groups is 1. The molecule has 1 unspecified atom stereocenters. The van der Waals surface area contributed by atoms with Crippen LogP contribution in [0.5, 0.6) is 5.75 Å². The summed E-state index contributed by atoms with van der Waals surface area (Å²) in [5, 5.41) is 17.6. The van der Waals surface area contributed by atoms with E-state index in [-0.39, 0.29) is 11.3 Å². The van der Waals surface area contributed by atoms with Crippen LogP contribution in [0.4, 0.5) is 0 Å². The Hall–Kier alpha value is -1.55. The van der Waals surface area contributed by atoms with E-state index in [4.69, 9.17) is 5.11 Å². The molecule has 2 N–H and O–H groups in total. The van der Waals surface area contributed by atoms with Gasteiger partial charge in [0, 0.05) is 12.0 Å². The minimum absolute atomic E-state index is 0.231. The molecule has 4 nitrogen and oxygen atoms in total. The van der Waals surface area contributed by atoms with E-state index in [9.17, 15) is 9.90 Å². The first-order chi connectivity index (χ1) is 10.3.